The second kappa shape index (κ2) is 9.13. The van der Waals surface area contributed by atoms with Crippen molar-refractivity contribution in [1.29, 1.82) is 5.26 Å². The fraction of sp³-hybridized carbons (Fsp3) is 0.182. The predicted octanol–water partition coefficient (Wildman–Crippen LogP) is 3.61. The van der Waals surface area contributed by atoms with Gasteiger partial charge in [-0.05, 0) is 18.4 Å². The number of nitrogens with two attached hydrogens (primary N) is 1. The zero-order valence-electron chi connectivity index (χ0n) is 15.2. The Balaban J connectivity index is 1.64. The first-order chi connectivity index (χ1) is 13.2. The Bertz CT molecular complexity index is 926. The maximum atomic E-state index is 12.2. The lowest BCUT2D eigenvalue weighted by atomic mass is 9.98. The van der Waals surface area contributed by atoms with E-state index in [0.29, 0.717) is 23.5 Å². The van der Waals surface area contributed by atoms with Crippen molar-refractivity contribution in [2.24, 2.45) is 0 Å². The highest BCUT2D eigenvalue weighted by Gasteiger charge is 2.18. The number of quaternary nitrogens is 1. The average molecular weight is 377 g/mol. The first-order valence-corrected chi connectivity index (χ1v) is 9.77. The molecule has 0 aliphatic heterocycles. The summed E-state index contributed by atoms with van der Waals surface area (Å²) in [5.74, 6) is -0.0686. The number of rotatable bonds is 7. The summed E-state index contributed by atoms with van der Waals surface area (Å²) in [5, 5.41) is 16.5. The molecule has 1 atom stereocenters. The molecule has 1 amide bonds. The fourth-order valence-corrected chi connectivity index (χ4v) is 3.72. The molecule has 0 saturated heterocycles. The molecular weight excluding hydrogens is 354 g/mol. The summed E-state index contributed by atoms with van der Waals surface area (Å²) in [5.41, 5.74) is 4.18. The molecule has 0 fully saturated rings. The summed E-state index contributed by atoms with van der Waals surface area (Å²) in [6.45, 7) is 2.74. The van der Waals surface area contributed by atoms with Gasteiger partial charge in [-0.3, -0.25) is 4.79 Å². The van der Waals surface area contributed by atoms with Crippen LogP contribution in [0.4, 0.5) is 5.00 Å². The quantitative estimate of drug-likeness (QED) is 0.661. The molecule has 3 N–H and O–H groups in total. The number of hydrogen-bond acceptors (Lipinski definition) is 3. The third-order valence-corrected chi connectivity index (χ3v) is 5.24. The van der Waals surface area contributed by atoms with Gasteiger partial charge >= 0.3 is 0 Å². The van der Waals surface area contributed by atoms with Crippen LogP contribution in [0.3, 0.4) is 0 Å². The number of nitriles is 1. The van der Waals surface area contributed by atoms with E-state index in [9.17, 15) is 4.79 Å². The van der Waals surface area contributed by atoms with Crippen LogP contribution >= 0.6 is 11.3 Å². The molecule has 0 aliphatic rings. The Labute approximate surface area is 163 Å². The Morgan fingerprint density at radius 2 is 1.81 bits per heavy atom. The largest absolute Gasteiger partial charge is 0.336 e. The zero-order chi connectivity index (χ0) is 19.1. The zero-order valence-corrected chi connectivity index (χ0v) is 16.0. The Morgan fingerprint density at radius 1 is 1.11 bits per heavy atom. The highest BCUT2D eigenvalue weighted by Crippen LogP contribution is 2.22. The van der Waals surface area contributed by atoms with Crippen LogP contribution in [0.15, 0.2) is 66.0 Å². The summed E-state index contributed by atoms with van der Waals surface area (Å²) >= 11 is 1.37. The average Bonchev–Trinajstić information content (AvgIpc) is 3.14. The fourth-order valence-electron chi connectivity index (χ4n) is 2.96. The van der Waals surface area contributed by atoms with Crippen LogP contribution in [0.2, 0.25) is 0 Å². The number of benzene rings is 2. The number of aryl methyl sites for hydroxylation is 1. The van der Waals surface area contributed by atoms with Crippen molar-refractivity contribution < 1.29 is 10.1 Å². The van der Waals surface area contributed by atoms with Crippen molar-refractivity contribution in [3.05, 3.63) is 88.3 Å². The molecule has 2 aromatic carbocycles. The maximum absolute atomic E-state index is 12.2. The second-order valence-corrected chi connectivity index (χ2v) is 7.31. The van der Waals surface area contributed by atoms with Crippen molar-refractivity contribution in [2.45, 2.75) is 19.4 Å². The van der Waals surface area contributed by atoms with E-state index >= 15 is 0 Å². The molecule has 4 nitrogen and oxygen atoms in total. The molecule has 0 unspecified atom stereocenters. The van der Waals surface area contributed by atoms with Crippen LogP contribution < -0.4 is 10.6 Å². The lowest BCUT2D eigenvalue weighted by molar-refractivity contribution is -0.686. The van der Waals surface area contributed by atoms with E-state index in [-0.39, 0.29) is 11.9 Å². The molecule has 0 radical (unpaired) electrons. The standard InChI is InChI=1S/C22H21N3OS/c1-16-7-9-18(10-8-16)21(17-5-3-2-4-6-17)24-13-11-20(26)25-22-19(15-23)12-14-27-22/h2-10,12,14,21,24H,11,13H2,1H3,(H,25,26)/p+1/t21-/m1/s1. The molecule has 5 heteroatoms. The first kappa shape index (κ1) is 18.8. The Morgan fingerprint density at radius 3 is 2.52 bits per heavy atom. The lowest BCUT2D eigenvalue weighted by Gasteiger charge is -2.17. The summed E-state index contributed by atoms with van der Waals surface area (Å²) in [4.78, 5) is 12.2. The SMILES string of the molecule is Cc1ccc([C@H]([NH2+]CCC(=O)Nc2sccc2C#N)c2ccccc2)cc1. The van der Waals surface area contributed by atoms with Gasteiger partial charge in [-0.15, -0.1) is 11.3 Å². The number of thiophene rings is 1. The topological polar surface area (TPSA) is 69.5 Å². The third-order valence-electron chi connectivity index (χ3n) is 4.41. The van der Waals surface area contributed by atoms with E-state index < -0.39 is 0 Å². The van der Waals surface area contributed by atoms with Gasteiger partial charge < -0.3 is 10.6 Å². The van der Waals surface area contributed by atoms with E-state index in [4.69, 9.17) is 5.26 Å². The van der Waals surface area contributed by atoms with Crippen molar-refractivity contribution in [2.75, 3.05) is 11.9 Å². The third kappa shape index (κ3) is 5.04. The number of nitrogens with one attached hydrogen (secondary N) is 1. The van der Waals surface area contributed by atoms with Gasteiger partial charge in [-0.1, -0.05) is 60.2 Å². The van der Waals surface area contributed by atoms with Gasteiger partial charge in [0.15, 0.2) is 0 Å². The van der Waals surface area contributed by atoms with Gasteiger partial charge in [-0.25, -0.2) is 0 Å². The van der Waals surface area contributed by atoms with E-state index in [1.165, 1.54) is 28.0 Å². The summed E-state index contributed by atoms with van der Waals surface area (Å²) < 4.78 is 0. The molecule has 0 spiro atoms. The minimum atomic E-state index is -0.0686. The van der Waals surface area contributed by atoms with E-state index in [1.807, 2.05) is 23.6 Å². The van der Waals surface area contributed by atoms with Gasteiger partial charge in [0.1, 0.15) is 17.1 Å². The molecule has 0 aliphatic carbocycles. The molecule has 3 aromatic rings. The number of hydrogen-bond donors (Lipinski definition) is 2. The highest BCUT2D eigenvalue weighted by molar-refractivity contribution is 7.14. The summed E-state index contributed by atoms with van der Waals surface area (Å²) in [6, 6.07) is 22.8. The summed E-state index contributed by atoms with van der Waals surface area (Å²) in [6.07, 6.45) is 0.387. The van der Waals surface area contributed by atoms with Crippen LogP contribution in [0.25, 0.3) is 0 Å². The molecule has 1 heterocycles. The molecule has 0 saturated carbocycles. The predicted molar refractivity (Wildman–Crippen MR) is 109 cm³/mol. The van der Waals surface area contributed by atoms with E-state index in [2.05, 4.69) is 60.0 Å². The smallest absolute Gasteiger partial charge is 0.230 e. The summed E-state index contributed by atoms with van der Waals surface area (Å²) in [7, 11) is 0. The molecule has 1 aromatic heterocycles. The molecule has 0 bridgehead atoms. The monoisotopic (exact) mass is 376 g/mol. The van der Waals surface area contributed by atoms with Gasteiger partial charge in [0.05, 0.1) is 18.5 Å². The van der Waals surface area contributed by atoms with Crippen molar-refractivity contribution in [1.82, 2.24) is 0 Å². The molecule has 136 valence electrons. The minimum Gasteiger partial charge on any atom is -0.336 e. The number of anilines is 1. The molecular formula is C22H22N3OS+. The van der Waals surface area contributed by atoms with Crippen LogP contribution in [-0.4, -0.2) is 12.5 Å². The number of amides is 1. The maximum Gasteiger partial charge on any atom is 0.230 e. The van der Waals surface area contributed by atoms with Crippen LogP contribution in [0.1, 0.15) is 34.7 Å². The van der Waals surface area contributed by atoms with Crippen LogP contribution in [0, 0.1) is 18.3 Å². The Hall–Kier alpha value is -2.94. The van der Waals surface area contributed by atoms with E-state index in [0.717, 1.165) is 0 Å². The van der Waals surface area contributed by atoms with Crippen molar-refractivity contribution in [3.63, 3.8) is 0 Å². The van der Waals surface area contributed by atoms with Crippen LogP contribution in [0.5, 0.6) is 0 Å². The number of carbonyl (C=O) groups is 1. The normalized spacial score (nSPS) is 11.6. The van der Waals surface area contributed by atoms with Gasteiger partial charge in [0.2, 0.25) is 5.91 Å². The molecule has 3 rings (SSSR count). The van der Waals surface area contributed by atoms with Gasteiger partial charge in [0, 0.05) is 11.1 Å². The van der Waals surface area contributed by atoms with Crippen molar-refractivity contribution in [3.8, 4) is 6.07 Å². The van der Waals surface area contributed by atoms with E-state index in [1.54, 1.807) is 6.07 Å². The molecule has 27 heavy (non-hydrogen) atoms. The Kier molecular flexibility index (Phi) is 6.37. The second-order valence-electron chi connectivity index (χ2n) is 6.40. The number of nitrogens with zero attached hydrogens (tertiary/aromatic N) is 1. The highest BCUT2D eigenvalue weighted by atomic mass is 32.1. The van der Waals surface area contributed by atoms with Crippen molar-refractivity contribution >= 4 is 22.2 Å². The lowest BCUT2D eigenvalue weighted by Crippen LogP contribution is -2.85. The van der Waals surface area contributed by atoms with Gasteiger partial charge in [-0.2, -0.15) is 5.26 Å². The minimum absolute atomic E-state index is 0.0686. The van der Waals surface area contributed by atoms with Crippen LogP contribution in [-0.2, 0) is 4.79 Å². The first-order valence-electron chi connectivity index (χ1n) is 8.89. The van der Waals surface area contributed by atoms with Gasteiger partial charge in [0.25, 0.3) is 0 Å². The number of carbonyl (C=O) groups excluding carboxylic acids is 1.